The van der Waals surface area contributed by atoms with Crippen LogP contribution in [0.3, 0.4) is 0 Å². The monoisotopic (exact) mass is 492 g/mol. The minimum Gasteiger partial charge on any atom is -0.326 e. The van der Waals surface area contributed by atoms with Crippen LogP contribution in [0.15, 0.2) is 82.8 Å². The summed E-state index contributed by atoms with van der Waals surface area (Å²) in [5, 5.41) is 6.83. The average Bonchev–Trinajstić information content (AvgIpc) is 2.80. The number of rotatable bonds is 8. The maximum absolute atomic E-state index is 13.5. The zero-order chi connectivity index (χ0) is 25.6. The van der Waals surface area contributed by atoms with Crippen molar-refractivity contribution in [3.63, 3.8) is 0 Å². The van der Waals surface area contributed by atoms with Gasteiger partial charge in [0.1, 0.15) is 6.54 Å². The summed E-state index contributed by atoms with van der Waals surface area (Å²) in [4.78, 5) is 24.2. The lowest BCUT2D eigenvalue weighted by atomic mass is 10.1. The zero-order valence-corrected chi connectivity index (χ0v) is 20.9. The van der Waals surface area contributed by atoms with Gasteiger partial charge in [-0.1, -0.05) is 36.4 Å². The predicted octanol–water partition coefficient (Wildman–Crippen LogP) is 4.00. The smallest absolute Gasteiger partial charge is 0.264 e. The third kappa shape index (κ3) is 6.77. The van der Waals surface area contributed by atoms with E-state index >= 15 is 0 Å². The molecule has 0 saturated heterocycles. The van der Waals surface area contributed by atoms with E-state index in [-0.39, 0.29) is 10.8 Å². The standard InChI is InChI=1S/C26H28N4O4S/c1-18-13-19(2)15-24(14-18)30(35(33,34)25-11-6-5-7-12-25)17-26(32)29-28-20(3)22-9-8-10-23(16-22)27-21(4)31/h5-16H,17H2,1-4H3,(H,27,31)(H,29,32)/b28-20-. The molecular weight excluding hydrogens is 464 g/mol. The van der Waals surface area contributed by atoms with Crippen LogP contribution in [0, 0.1) is 13.8 Å². The summed E-state index contributed by atoms with van der Waals surface area (Å²) in [5.74, 6) is -0.794. The third-order valence-electron chi connectivity index (χ3n) is 5.06. The van der Waals surface area contributed by atoms with Gasteiger partial charge in [-0.05, 0) is 73.9 Å². The third-order valence-corrected chi connectivity index (χ3v) is 6.85. The summed E-state index contributed by atoms with van der Waals surface area (Å²) in [7, 11) is -4.01. The first kappa shape index (κ1) is 25.6. The van der Waals surface area contributed by atoms with Gasteiger partial charge in [0.25, 0.3) is 15.9 Å². The molecule has 0 atom stereocenters. The van der Waals surface area contributed by atoms with Crippen molar-refractivity contribution in [2.45, 2.75) is 32.6 Å². The molecular formula is C26H28N4O4S. The normalized spacial score (nSPS) is 11.6. The van der Waals surface area contributed by atoms with E-state index in [0.717, 1.165) is 15.4 Å². The number of benzene rings is 3. The van der Waals surface area contributed by atoms with Crippen LogP contribution in [-0.4, -0.2) is 32.5 Å². The molecule has 3 rings (SSSR count). The Labute approximate surface area is 205 Å². The second-order valence-corrected chi connectivity index (χ2v) is 10.0. The van der Waals surface area contributed by atoms with Crippen molar-refractivity contribution in [2.24, 2.45) is 5.10 Å². The van der Waals surface area contributed by atoms with E-state index in [1.807, 2.05) is 19.9 Å². The molecule has 0 spiro atoms. The van der Waals surface area contributed by atoms with Crippen LogP contribution in [0.2, 0.25) is 0 Å². The fourth-order valence-corrected chi connectivity index (χ4v) is 4.96. The van der Waals surface area contributed by atoms with E-state index in [1.165, 1.54) is 19.1 Å². The molecule has 0 bridgehead atoms. The number of sulfonamides is 1. The van der Waals surface area contributed by atoms with Crippen molar-refractivity contribution < 1.29 is 18.0 Å². The molecule has 9 heteroatoms. The Morgan fingerprint density at radius 2 is 1.54 bits per heavy atom. The Kier molecular flexibility index (Phi) is 8.03. The number of carbonyl (C=O) groups excluding carboxylic acids is 2. The highest BCUT2D eigenvalue weighted by Crippen LogP contribution is 2.25. The molecule has 2 amide bonds. The number of amides is 2. The second kappa shape index (κ2) is 11.0. The Morgan fingerprint density at radius 1 is 0.886 bits per heavy atom. The fourth-order valence-electron chi connectivity index (χ4n) is 3.53. The van der Waals surface area contributed by atoms with Crippen LogP contribution < -0.4 is 15.0 Å². The molecule has 0 aliphatic carbocycles. The highest BCUT2D eigenvalue weighted by molar-refractivity contribution is 7.92. The van der Waals surface area contributed by atoms with Crippen LogP contribution in [0.25, 0.3) is 0 Å². The lowest BCUT2D eigenvalue weighted by Crippen LogP contribution is -2.39. The van der Waals surface area contributed by atoms with Gasteiger partial charge in [0.05, 0.1) is 16.3 Å². The number of anilines is 2. The zero-order valence-electron chi connectivity index (χ0n) is 20.1. The summed E-state index contributed by atoms with van der Waals surface area (Å²) in [6, 6.07) is 20.4. The van der Waals surface area contributed by atoms with Crippen LogP contribution in [0.4, 0.5) is 11.4 Å². The summed E-state index contributed by atoms with van der Waals surface area (Å²) in [6.07, 6.45) is 0. The highest BCUT2D eigenvalue weighted by Gasteiger charge is 2.27. The molecule has 182 valence electrons. The SMILES string of the molecule is CC(=O)Nc1cccc(/C(C)=N\NC(=O)CN(c2cc(C)cc(C)c2)S(=O)(=O)c2ccccc2)c1. The highest BCUT2D eigenvalue weighted by atomic mass is 32.2. The first-order valence-electron chi connectivity index (χ1n) is 10.9. The number of aryl methyl sites for hydroxylation is 2. The predicted molar refractivity (Wildman–Crippen MR) is 138 cm³/mol. The number of hydrogen-bond donors (Lipinski definition) is 2. The number of hydrazone groups is 1. The summed E-state index contributed by atoms with van der Waals surface area (Å²) in [6.45, 7) is 6.40. The summed E-state index contributed by atoms with van der Waals surface area (Å²) >= 11 is 0. The molecule has 0 aromatic heterocycles. The maximum Gasteiger partial charge on any atom is 0.264 e. The molecule has 2 N–H and O–H groups in total. The van der Waals surface area contributed by atoms with E-state index in [9.17, 15) is 18.0 Å². The molecule has 3 aromatic rings. The van der Waals surface area contributed by atoms with Crippen molar-refractivity contribution >= 4 is 38.9 Å². The van der Waals surface area contributed by atoms with Crippen LogP contribution >= 0.6 is 0 Å². The first-order valence-corrected chi connectivity index (χ1v) is 12.4. The largest absolute Gasteiger partial charge is 0.326 e. The van der Waals surface area contributed by atoms with Gasteiger partial charge in [-0.3, -0.25) is 13.9 Å². The molecule has 0 radical (unpaired) electrons. The first-order chi connectivity index (χ1) is 16.6. The Bertz CT molecular complexity index is 1350. The molecule has 3 aromatic carbocycles. The fraction of sp³-hybridized carbons (Fsp3) is 0.192. The van der Waals surface area contributed by atoms with Crippen molar-refractivity contribution in [2.75, 3.05) is 16.2 Å². The molecule has 35 heavy (non-hydrogen) atoms. The number of nitrogens with zero attached hydrogens (tertiary/aromatic N) is 2. The molecule has 0 aliphatic heterocycles. The molecule has 0 saturated carbocycles. The summed E-state index contributed by atoms with van der Waals surface area (Å²) < 4.78 is 28.0. The van der Waals surface area contributed by atoms with Crippen molar-refractivity contribution in [1.29, 1.82) is 0 Å². The topological polar surface area (TPSA) is 108 Å². The quantitative estimate of drug-likeness (QED) is 0.366. The van der Waals surface area contributed by atoms with Crippen molar-refractivity contribution in [1.82, 2.24) is 5.43 Å². The number of hydrogen-bond acceptors (Lipinski definition) is 5. The van der Waals surface area contributed by atoms with Gasteiger partial charge in [-0.25, -0.2) is 13.8 Å². The maximum atomic E-state index is 13.5. The minimum atomic E-state index is -4.01. The van der Waals surface area contributed by atoms with Gasteiger partial charge >= 0.3 is 0 Å². The van der Waals surface area contributed by atoms with E-state index in [1.54, 1.807) is 61.5 Å². The molecule has 0 heterocycles. The van der Waals surface area contributed by atoms with Crippen molar-refractivity contribution in [3.8, 4) is 0 Å². The molecule has 0 unspecified atom stereocenters. The lowest BCUT2D eigenvalue weighted by molar-refractivity contribution is -0.119. The van der Waals surface area contributed by atoms with Crippen LogP contribution in [0.1, 0.15) is 30.5 Å². The van der Waals surface area contributed by atoms with Gasteiger partial charge in [0.2, 0.25) is 5.91 Å². The summed E-state index contributed by atoms with van der Waals surface area (Å²) in [5.41, 5.74) is 6.39. The molecule has 8 nitrogen and oxygen atoms in total. The molecule has 0 fully saturated rings. The van der Waals surface area contributed by atoms with Crippen LogP contribution in [0.5, 0.6) is 0 Å². The van der Waals surface area contributed by atoms with E-state index in [2.05, 4.69) is 15.8 Å². The van der Waals surface area contributed by atoms with E-state index in [0.29, 0.717) is 22.6 Å². The van der Waals surface area contributed by atoms with Gasteiger partial charge in [-0.2, -0.15) is 5.10 Å². The number of carbonyl (C=O) groups is 2. The van der Waals surface area contributed by atoms with Gasteiger partial charge in [-0.15, -0.1) is 0 Å². The van der Waals surface area contributed by atoms with Crippen molar-refractivity contribution in [3.05, 3.63) is 89.5 Å². The lowest BCUT2D eigenvalue weighted by Gasteiger charge is -2.24. The van der Waals surface area contributed by atoms with Gasteiger partial charge in [0.15, 0.2) is 0 Å². The van der Waals surface area contributed by atoms with Gasteiger partial charge in [0, 0.05) is 12.6 Å². The van der Waals surface area contributed by atoms with E-state index < -0.39 is 22.5 Å². The Balaban J connectivity index is 1.86. The molecule has 0 aliphatic rings. The number of nitrogens with one attached hydrogen (secondary N) is 2. The second-order valence-electron chi connectivity index (χ2n) is 8.16. The Morgan fingerprint density at radius 3 is 2.17 bits per heavy atom. The minimum absolute atomic E-state index is 0.0847. The Hall–Kier alpha value is -3.98. The van der Waals surface area contributed by atoms with Gasteiger partial charge < -0.3 is 5.32 Å². The van der Waals surface area contributed by atoms with E-state index in [4.69, 9.17) is 0 Å². The van der Waals surface area contributed by atoms with Crippen LogP contribution in [-0.2, 0) is 19.6 Å². The average molecular weight is 493 g/mol.